The van der Waals surface area contributed by atoms with Crippen LogP contribution in [-0.2, 0) is 9.84 Å². The third-order valence-corrected chi connectivity index (χ3v) is 5.09. The van der Waals surface area contributed by atoms with Gasteiger partial charge in [0.05, 0.1) is 17.3 Å². The van der Waals surface area contributed by atoms with Crippen LogP contribution in [-0.4, -0.2) is 24.5 Å². The smallest absolute Gasteiger partial charge is 0.156 e. The highest BCUT2D eigenvalue weighted by atomic mass is 32.2. The molecule has 1 aromatic rings. The van der Waals surface area contributed by atoms with Crippen LogP contribution in [0, 0.1) is 0 Å². The van der Waals surface area contributed by atoms with Crippen molar-refractivity contribution in [2.24, 2.45) is 0 Å². The summed E-state index contributed by atoms with van der Waals surface area (Å²) in [5, 5.41) is 9.20. The highest BCUT2D eigenvalue weighted by Crippen LogP contribution is 2.30. The van der Waals surface area contributed by atoms with Crippen LogP contribution in [0.2, 0.25) is 0 Å². The van der Waals surface area contributed by atoms with Crippen LogP contribution >= 0.6 is 0 Å². The van der Waals surface area contributed by atoms with Gasteiger partial charge < -0.3 is 9.52 Å². The van der Waals surface area contributed by atoms with E-state index in [2.05, 4.69) is 0 Å². The highest BCUT2D eigenvalue weighted by Gasteiger charge is 2.36. The molecule has 1 aliphatic rings. The van der Waals surface area contributed by atoms with Crippen molar-refractivity contribution < 1.29 is 17.9 Å². The topological polar surface area (TPSA) is 67.5 Å². The van der Waals surface area contributed by atoms with E-state index >= 15 is 0 Å². The summed E-state index contributed by atoms with van der Waals surface area (Å²) in [5.41, 5.74) is 0. The van der Waals surface area contributed by atoms with Crippen molar-refractivity contribution in [3.63, 3.8) is 0 Å². The van der Waals surface area contributed by atoms with E-state index < -0.39 is 21.2 Å². The van der Waals surface area contributed by atoms with E-state index in [1.54, 1.807) is 12.1 Å². The SMILES string of the molecule is O=S1(=O)CCCCC1C(O)c1ccco1. The molecule has 0 bridgehead atoms. The van der Waals surface area contributed by atoms with Gasteiger partial charge in [-0.1, -0.05) is 6.42 Å². The lowest BCUT2D eigenvalue weighted by atomic mass is 10.1. The Kier molecular flexibility index (Phi) is 2.84. The van der Waals surface area contributed by atoms with Crippen LogP contribution in [0.25, 0.3) is 0 Å². The maximum absolute atomic E-state index is 11.7. The average molecular weight is 230 g/mol. The average Bonchev–Trinajstić information content (AvgIpc) is 2.69. The quantitative estimate of drug-likeness (QED) is 0.831. The molecule has 2 unspecified atom stereocenters. The van der Waals surface area contributed by atoms with Crippen LogP contribution in [0.3, 0.4) is 0 Å². The predicted octanol–water partition coefficient (Wildman–Crippen LogP) is 1.28. The molecule has 2 rings (SSSR count). The number of aliphatic hydroxyl groups is 1. The molecular weight excluding hydrogens is 216 g/mol. The van der Waals surface area contributed by atoms with Crippen molar-refractivity contribution in [1.29, 1.82) is 0 Å². The van der Waals surface area contributed by atoms with Crippen LogP contribution in [0.15, 0.2) is 22.8 Å². The Morgan fingerprint density at radius 3 is 2.87 bits per heavy atom. The molecule has 15 heavy (non-hydrogen) atoms. The first-order valence-corrected chi connectivity index (χ1v) is 6.76. The van der Waals surface area contributed by atoms with Crippen LogP contribution in [0.1, 0.15) is 31.1 Å². The van der Waals surface area contributed by atoms with Gasteiger partial charge in [0.2, 0.25) is 0 Å². The van der Waals surface area contributed by atoms with Gasteiger partial charge in [-0.3, -0.25) is 0 Å². The molecule has 0 aliphatic carbocycles. The van der Waals surface area contributed by atoms with Crippen LogP contribution in [0.5, 0.6) is 0 Å². The van der Waals surface area contributed by atoms with Gasteiger partial charge in [0.25, 0.3) is 0 Å². The fraction of sp³-hybridized carbons (Fsp3) is 0.600. The Hall–Kier alpha value is -0.810. The minimum absolute atomic E-state index is 0.176. The maximum atomic E-state index is 11.7. The molecule has 1 aromatic heterocycles. The molecule has 1 N–H and O–H groups in total. The van der Waals surface area contributed by atoms with E-state index in [9.17, 15) is 13.5 Å². The highest BCUT2D eigenvalue weighted by molar-refractivity contribution is 7.92. The molecule has 0 amide bonds. The summed E-state index contributed by atoms with van der Waals surface area (Å²) >= 11 is 0. The van der Waals surface area contributed by atoms with Crippen molar-refractivity contribution in [2.75, 3.05) is 5.75 Å². The number of hydrogen-bond acceptors (Lipinski definition) is 4. The molecule has 1 fully saturated rings. The second kappa shape index (κ2) is 3.98. The normalized spacial score (nSPS) is 27.4. The molecule has 0 aromatic carbocycles. The van der Waals surface area contributed by atoms with Gasteiger partial charge in [0.15, 0.2) is 9.84 Å². The summed E-state index contributed by atoms with van der Waals surface area (Å²) in [6, 6.07) is 3.25. The Balaban J connectivity index is 2.23. The number of sulfone groups is 1. The lowest BCUT2D eigenvalue weighted by molar-refractivity contribution is 0.138. The lowest BCUT2D eigenvalue weighted by Gasteiger charge is -2.25. The summed E-state index contributed by atoms with van der Waals surface area (Å²) < 4.78 is 28.5. The lowest BCUT2D eigenvalue weighted by Crippen LogP contribution is -2.33. The molecule has 84 valence electrons. The standard InChI is InChI=1S/C10H14O4S/c11-10(8-4-3-6-14-8)9-5-1-2-7-15(9,12)13/h3-4,6,9-11H,1-2,5,7H2. The summed E-state index contributed by atoms with van der Waals surface area (Å²) in [7, 11) is -3.16. The molecule has 0 saturated carbocycles. The van der Waals surface area contributed by atoms with Gasteiger partial charge in [0.1, 0.15) is 11.9 Å². The fourth-order valence-corrected chi connectivity index (χ4v) is 3.94. The molecule has 5 heteroatoms. The summed E-state index contributed by atoms with van der Waals surface area (Å²) in [6.45, 7) is 0. The third kappa shape index (κ3) is 2.08. The van der Waals surface area contributed by atoms with Crippen molar-refractivity contribution >= 4 is 9.84 Å². The van der Waals surface area contributed by atoms with E-state index in [-0.39, 0.29) is 5.75 Å². The fourth-order valence-electron chi connectivity index (χ4n) is 1.98. The first-order chi connectivity index (χ1) is 7.11. The van der Waals surface area contributed by atoms with Crippen molar-refractivity contribution in [2.45, 2.75) is 30.6 Å². The largest absolute Gasteiger partial charge is 0.467 e. The van der Waals surface area contributed by atoms with E-state index in [4.69, 9.17) is 4.42 Å². The Bertz CT molecular complexity index is 407. The minimum Gasteiger partial charge on any atom is -0.467 e. The van der Waals surface area contributed by atoms with Crippen molar-refractivity contribution in [3.05, 3.63) is 24.2 Å². The molecule has 1 aliphatic heterocycles. The Labute approximate surface area is 88.8 Å². The monoisotopic (exact) mass is 230 g/mol. The molecule has 0 spiro atoms. The van der Waals surface area contributed by atoms with E-state index in [1.165, 1.54) is 6.26 Å². The van der Waals surface area contributed by atoms with E-state index in [1.807, 2.05) is 0 Å². The first kappa shape index (κ1) is 10.7. The predicted molar refractivity (Wildman–Crippen MR) is 55.1 cm³/mol. The van der Waals surface area contributed by atoms with Crippen LogP contribution in [0.4, 0.5) is 0 Å². The molecule has 2 heterocycles. The zero-order valence-corrected chi connectivity index (χ0v) is 9.11. The summed E-state index contributed by atoms with van der Waals surface area (Å²) in [4.78, 5) is 0. The second-order valence-electron chi connectivity index (χ2n) is 3.86. The third-order valence-electron chi connectivity index (χ3n) is 2.82. The molecule has 2 atom stereocenters. The zero-order valence-electron chi connectivity index (χ0n) is 8.30. The molecular formula is C10H14O4S. The number of hydrogen-bond donors (Lipinski definition) is 1. The molecule has 0 radical (unpaired) electrons. The Morgan fingerprint density at radius 1 is 1.47 bits per heavy atom. The van der Waals surface area contributed by atoms with Gasteiger partial charge in [-0.25, -0.2) is 8.42 Å². The van der Waals surface area contributed by atoms with Crippen LogP contribution < -0.4 is 0 Å². The van der Waals surface area contributed by atoms with E-state index in [0.29, 0.717) is 18.6 Å². The number of aliphatic hydroxyl groups excluding tert-OH is 1. The van der Waals surface area contributed by atoms with Crippen molar-refractivity contribution in [3.8, 4) is 0 Å². The zero-order chi connectivity index (χ0) is 10.9. The minimum atomic E-state index is -3.16. The Morgan fingerprint density at radius 2 is 2.27 bits per heavy atom. The summed E-state index contributed by atoms with van der Waals surface area (Å²) in [5.74, 6) is 0.514. The van der Waals surface area contributed by atoms with E-state index in [0.717, 1.165) is 6.42 Å². The molecule has 1 saturated heterocycles. The summed E-state index contributed by atoms with van der Waals surface area (Å²) in [6.07, 6.45) is 2.48. The van der Waals surface area contributed by atoms with Gasteiger partial charge in [-0.15, -0.1) is 0 Å². The van der Waals surface area contributed by atoms with Gasteiger partial charge in [-0.2, -0.15) is 0 Å². The first-order valence-electron chi connectivity index (χ1n) is 5.04. The number of rotatable bonds is 2. The van der Waals surface area contributed by atoms with Gasteiger partial charge in [-0.05, 0) is 25.0 Å². The molecule has 4 nitrogen and oxygen atoms in total. The van der Waals surface area contributed by atoms with Gasteiger partial charge in [0, 0.05) is 0 Å². The van der Waals surface area contributed by atoms with Gasteiger partial charge >= 0.3 is 0 Å². The number of furan rings is 1. The maximum Gasteiger partial charge on any atom is 0.156 e. The second-order valence-corrected chi connectivity index (χ2v) is 6.20. The van der Waals surface area contributed by atoms with Crippen molar-refractivity contribution in [1.82, 2.24) is 0 Å².